The fourth-order valence-corrected chi connectivity index (χ4v) is 2.10. The second-order valence-corrected chi connectivity index (χ2v) is 4.54. The maximum atomic E-state index is 5.32. The summed E-state index contributed by atoms with van der Waals surface area (Å²) in [5.74, 6) is 2.97. The Hall–Kier alpha value is -2.90. The van der Waals surface area contributed by atoms with Crippen molar-refractivity contribution in [1.82, 2.24) is 20.1 Å². The van der Waals surface area contributed by atoms with Crippen molar-refractivity contribution in [1.29, 1.82) is 0 Å². The van der Waals surface area contributed by atoms with E-state index in [1.165, 1.54) is 6.33 Å². The van der Waals surface area contributed by atoms with E-state index >= 15 is 0 Å². The Labute approximate surface area is 126 Å². The highest BCUT2D eigenvalue weighted by Crippen LogP contribution is 2.33. The highest BCUT2D eigenvalue weighted by molar-refractivity contribution is 5.91. The summed E-state index contributed by atoms with van der Waals surface area (Å²) < 4.78 is 15.7. The summed E-state index contributed by atoms with van der Waals surface area (Å²) in [6.07, 6.45) is 1.48. The maximum Gasteiger partial charge on any atom is 0.245 e. The van der Waals surface area contributed by atoms with Crippen LogP contribution in [-0.4, -0.2) is 34.3 Å². The van der Waals surface area contributed by atoms with Crippen molar-refractivity contribution in [3.63, 3.8) is 0 Å². The smallest absolute Gasteiger partial charge is 0.245 e. The number of fused-ring (bicyclic) bond motifs is 1. The van der Waals surface area contributed by atoms with Gasteiger partial charge in [0.25, 0.3) is 0 Å². The summed E-state index contributed by atoms with van der Waals surface area (Å²) >= 11 is 0. The molecule has 0 unspecified atom stereocenters. The quantitative estimate of drug-likeness (QED) is 0.764. The van der Waals surface area contributed by atoms with Gasteiger partial charge < -0.3 is 19.3 Å². The standard InChI is InChI=1S/C14H15N5O3/c1-8-18-13(22-19-8)6-15-14-9-4-11(20-2)12(21-3)5-10(9)16-7-17-14/h4-5,7H,6H2,1-3H3,(H,15,16,17). The van der Waals surface area contributed by atoms with E-state index in [1.54, 1.807) is 27.2 Å². The molecule has 0 radical (unpaired) electrons. The van der Waals surface area contributed by atoms with E-state index < -0.39 is 0 Å². The Bertz CT molecular complexity index is 802. The first-order chi connectivity index (χ1) is 10.7. The molecule has 1 N–H and O–H groups in total. The minimum atomic E-state index is 0.376. The third-order valence-electron chi connectivity index (χ3n) is 3.12. The normalized spacial score (nSPS) is 10.7. The lowest BCUT2D eigenvalue weighted by Crippen LogP contribution is -2.03. The van der Waals surface area contributed by atoms with E-state index in [-0.39, 0.29) is 0 Å². The summed E-state index contributed by atoms with van der Waals surface area (Å²) in [5.41, 5.74) is 0.747. The molecule has 0 saturated carbocycles. The van der Waals surface area contributed by atoms with Crippen LogP contribution in [0.3, 0.4) is 0 Å². The fraction of sp³-hybridized carbons (Fsp3) is 0.286. The molecule has 1 aromatic carbocycles. The molecular weight excluding hydrogens is 286 g/mol. The molecule has 3 aromatic rings. The summed E-state index contributed by atoms with van der Waals surface area (Å²) in [4.78, 5) is 12.6. The molecule has 3 rings (SSSR count). The van der Waals surface area contributed by atoms with E-state index in [9.17, 15) is 0 Å². The predicted octanol–water partition coefficient (Wildman–Crippen LogP) is 1.95. The van der Waals surface area contributed by atoms with Crippen LogP contribution in [0.2, 0.25) is 0 Å². The number of hydrogen-bond acceptors (Lipinski definition) is 8. The molecule has 0 spiro atoms. The van der Waals surface area contributed by atoms with Crippen LogP contribution < -0.4 is 14.8 Å². The average Bonchev–Trinajstić information content (AvgIpc) is 2.96. The number of aryl methyl sites for hydroxylation is 1. The van der Waals surface area contributed by atoms with Crippen molar-refractivity contribution in [3.8, 4) is 11.5 Å². The van der Waals surface area contributed by atoms with Crippen molar-refractivity contribution in [3.05, 3.63) is 30.2 Å². The molecule has 22 heavy (non-hydrogen) atoms. The number of ether oxygens (including phenoxy) is 2. The first-order valence-electron chi connectivity index (χ1n) is 6.61. The van der Waals surface area contributed by atoms with E-state index in [0.717, 1.165) is 10.9 Å². The van der Waals surface area contributed by atoms with Gasteiger partial charge in [0.1, 0.15) is 12.1 Å². The second-order valence-electron chi connectivity index (χ2n) is 4.54. The van der Waals surface area contributed by atoms with Gasteiger partial charge in [-0.3, -0.25) is 0 Å². The number of hydrogen-bond donors (Lipinski definition) is 1. The zero-order valence-electron chi connectivity index (χ0n) is 12.5. The second kappa shape index (κ2) is 5.84. The van der Waals surface area contributed by atoms with Gasteiger partial charge in [-0.05, 0) is 13.0 Å². The summed E-state index contributed by atoms with van der Waals surface area (Å²) in [7, 11) is 3.17. The van der Waals surface area contributed by atoms with Gasteiger partial charge >= 0.3 is 0 Å². The van der Waals surface area contributed by atoms with Crippen LogP contribution in [-0.2, 0) is 6.54 Å². The Morgan fingerprint density at radius 3 is 2.59 bits per heavy atom. The SMILES string of the molecule is COc1cc2ncnc(NCc3nc(C)no3)c2cc1OC. The lowest BCUT2D eigenvalue weighted by Gasteiger charge is -2.11. The van der Waals surface area contributed by atoms with Gasteiger partial charge in [-0.1, -0.05) is 5.16 Å². The number of anilines is 1. The summed E-state index contributed by atoms with van der Waals surface area (Å²) in [6, 6.07) is 3.63. The Kier molecular flexibility index (Phi) is 3.73. The van der Waals surface area contributed by atoms with Crippen LogP contribution in [0.25, 0.3) is 10.9 Å². The number of nitrogens with one attached hydrogen (secondary N) is 1. The number of methoxy groups -OCH3 is 2. The van der Waals surface area contributed by atoms with Crippen molar-refractivity contribution < 1.29 is 14.0 Å². The predicted molar refractivity (Wildman–Crippen MR) is 79.0 cm³/mol. The highest BCUT2D eigenvalue weighted by atomic mass is 16.5. The molecule has 0 aliphatic rings. The third-order valence-corrected chi connectivity index (χ3v) is 3.12. The van der Waals surface area contributed by atoms with Gasteiger partial charge in [0.2, 0.25) is 5.89 Å². The van der Waals surface area contributed by atoms with Crippen LogP contribution >= 0.6 is 0 Å². The van der Waals surface area contributed by atoms with Gasteiger partial charge in [0.15, 0.2) is 17.3 Å². The summed E-state index contributed by atoms with van der Waals surface area (Å²) in [5, 5.41) is 7.72. The highest BCUT2D eigenvalue weighted by Gasteiger charge is 2.11. The number of aromatic nitrogens is 4. The van der Waals surface area contributed by atoms with Gasteiger partial charge in [-0.25, -0.2) is 9.97 Å². The van der Waals surface area contributed by atoms with Crippen LogP contribution in [0.4, 0.5) is 5.82 Å². The molecular formula is C14H15N5O3. The molecule has 2 heterocycles. The zero-order chi connectivity index (χ0) is 15.5. The fourth-order valence-electron chi connectivity index (χ4n) is 2.10. The van der Waals surface area contributed by atoms with Gasteiger partial charge in [-0.15, -0.1) is 0 Å². The number of nitrogens with zero attached hydrogens (tertiary/aromatic N) is 4. The lowest BCUT2D eigenvalue weighted by molar-refractivity contribution is 0.356. The van der Waals surface area contributed by atoms with E-state index in [0.29, 0.717) is 35.6 Å². The molecule has 0 aliphatic heterocycles. The number of rotatable bonds is 5. The Morgan fingerprint density at radius 2 is 1.91 bits per heavy atom. The molecule has 0 fully saturated rings. The van der Waals surface area contributed by atoms with E-state index in [4.69, 9.17) is 14.0 Å². The molecule has 0 aliphatic carbocycles. The molecule has 0 saturated heterocycles. The van der Waals surface area contributed by atoms with Crippen molar-refractivity contribution in [2.45, 2.75) is 13.5 Å². The molecule has 8 nitrogen and oxygen atoms in total. The van der Waals surface area contributed by atoms with E-state index in [1.807, 2.05) is 6.07 Å². The van der Waals surface area contributed by atoms with Crippen LogP contribution in [0.5, 0.6) is 11.5 Å². The monoisotopic (exact) mass is 301 g/mol. The molecule has 0 amide bonds. The van der Waals surface area contributed by atoms with Crippen molar-refractivity contribution in [2.24, 2.45) is 0 Å². The molecule has 114 valence electrons. The Morgan fingerprint density at radius 1 is 1.14 bits per heavy atom. The zero-order valence-corrected chi connectivity index (χ0v) is 12.5. The van der Waals surface area contributed by atoms with Crippen molar-refractivity contribution >= 4 is 16.7 Å². The molecule has 0 bridgehead atoms. The van der Waals surface area contributed by atoms with Gasteiger partial charge in [-0.2, -0.15) is 4.98 Å². The van der Waals surface area contributed by atoms with Crippen LogP contribution in [0.15, 0.2) is 23.0 Å². The van der Waals surface area contributed by atoms with Crippen LogP contribution in [0.1, 0.15) is 11.7 Å². The Balaban J connectivity index is 1.95. The minimum absolute atomic E-state index is 0.376. The maximum absolute atomic E-state index is 5.32. The molecule has 0 atom stereocenters. The number of benzene rings is 1. The van der Waals surface area contributed by atoms with E-state index in [2.05, 4.69) is 25.4 Å². The minimum Gasteiger partial charge on any atom is -0.493 e. The van der Waals surface area contributed by atoms with Crippen LogP contribution in [0, 0.1) is 6.92 Å². The average molecular weight is 301 g/mol. The van der Waals surface area contributed by atoms with Gasteiger partial charge in [0, 0.05) is 11.5 Å². The van der Waals surface area contributed by atoms with Crippen molar-refractivity contribution in [2.75, 3.05) is 19.5 Å². The first-order valence-corrected chi connectivity index (χ1v) is 6.61. The van der Waals surface area contributed by atoms with Gasteiger partial charge in [0.05, 0.1) is 26.3 Å². The molecule has 8 heteroatoms. The lowest BCUT2D eigenvalue weighted by atomic mass is 10.2. The summed E-state index contributed by atoms with van der Waals surface area (Å²) in [6.45, 7) is 2.14. The first kappa shape index (κ1) is 14.1. The largest absolute Gasteiger partial charge is 0.493 e. The molecule has 2 aromatic heterocycles. The topological polar surface area (TPSA) is 95.2 Å². The third kappa shape index (κ3) is 2.62.